The lowest BCUT2D eigenvalue weighted by Gasteiger charge is -2.12. The zero-order valence-electron chi connectivity index (χ0n) is 10.7. The van der Waals surface area contributed by atoms with E-state index in [0.717, 1.165) is 25.1 Å². The zero-order valence-corrected chi connectivity index (χ0v) is 10.7. The first-order chi connectivity index (χ1) is 9.58. The van der Waals surface area contributed by atoms with Crippen LogP contribution in [0.3, 0.4) is 0 Å². The Morgan fingerprint density at radius 2 is 1.95 bits per heavy atom. The van der Waals surface area contributed by atoms with Gasteiger partial charge in [-0.15, -0.1) is 0 Å². The van der Waals surface area contributed by atoms with Crippen LogP contribution in [0.1, 0.15) is 22.5 Å². The molecule has 0 unspecified atom stereocenters. The summed E-state index contributed by atoms with van der Waals surface area (Å²) in [7, 11) is 0. The molecule has 1 aromatic heterocycles. The molecule has 0 atom stereocenters. The van der Waals surface area contributed by atoms with E-state index in [1.807, 2.05) is 4.57 Å². The number of amides is 1. The summed E-state index contributed by atoms with van der Waals surface area (Å²) >= 11 is 0. The van der Waals surface area contributed by atoms with E-state index in [4.69, 9.17) is 5.73 Å². The van der Waals surface area contributed by atoms with E-state index < -0.39 is 5.91 Å². The first kappa shape index (κ1) is 12.6. The highest BCUT2D eigenvalue weighted by atomic mass is 19.1. The molecule has 1 amide bonds. The lowest BCUT2D eigenvalue weighted by atomic mass is 10.00. The smallest absolute Gasteiger partial charge is 0.254 e. The first-order valence-corrected chi connectivity index (χ1v) is 6.40. The van der Waals surface area contributed by atoms with E-state index >= 15 is 0 Å². The molecule has 4 nitrogen and oxygen atoms in total. The van der Waals surface area contributed by atoms with Crippen molar-refractivity contribution in [1.82, 2.24) is 4.57 Å². The Labute approximate surface area is 114 Å². The van der Waals surface area contributed by atoms with Crippen molar-refractivity contribution in [2.24, 2.45) is 5.73 Å². The Bertz CT molecular complexity index is 748. The number of aromatic nitrogens is 1. The molecule has 0 bridgehead atoms. The fourth-order valence-electron chi connectivity index (χ4n) is 2.68. The molecule has 5 heteroatoms. The van der Waals surface area contributed by atoms with Crippen molar-refractivity contribution in [3.05, 3.63) is 57.8 Å². The lowest BCUT2D eigenvalue weighted by Crippen LogP contribution is -2.25. The molecule has 0 radical (unpaired) electrons. The molecule has 102 valence electrons. The number of nitrogens with two attached hydrogens (primary N) is 1. The fourth-order valence-corrected chi connectivity index (χ4v) is 2.68. The van der Waals surface area contributed by atoms with E-state index in [1.165, 1.54) is 18.3 Å². The van der Waals surface area contributed by atoms with Gasteiger partial charge in [0.15, 0.2) is 0 Å². The Kier molecular flexibility index (Phi) is 2.89. The van der Waals surface area contributed by atoms with Crippen molar-refractivity contribution < 1.29 is 9.18 Å². The molecule has 0 saturated carbocycles. The van der Waals surface area contributed by atoms with Gasteiger partial charge in [0.05, 0.1) is 0 Å². The van der Waals surface area contributed by atoms with Crippen molar-refractivity contribution in [2.75, 3.05) is 0 Å². The highest BCUT2D eigenvalue weighted by Gasteiger charge is 2.22. The third-order valence-corrected chi connectivity index (χ3v) is 3.60. The second-order valence-electron chi connectivity index (χ2n) is 4.86. The minimum Gasteiger partial charge on any atom is -0.365 e. The average Bonchev–Trinajstić information content (AvgIpc) is 2.87. The van der Waals surface area contributed by atoms with E-state index in [2.05, 4.69) is 0 Å². The molecule has 1 aromatic carbocycles. The van der Waals surface area contributed by atoms with Gasteiger partial charge in [0.25, 0.3) is 5.91 Å². The predicted octanol–water partition coefficient (Wildman–Crippen LogP) is 1.70. The summed E-state index contributed by atoms with van der Waals surface area (Å²) < 4.78 is 14.9. The number of hydrogen-bond acceptors (Lipinski definition) is 2. The van der Waals surface area contributed by atoms with Crippen LogP contribution in [0.4, 0.5) is 4.39 Å². The minimum absolute atomic E-state index is 0.0185. The maximum atomic E-state index is 13.0. The van der Waals surface area contributed by atoms with Crippen molar-refractivity contribution in [3.8, 4) is 11.1 Å². The summed E-state index contributed by atoms with van der Waals surface area (Å²) in [6.45, 7) is 0.754. The maximum absolute atomic E-state index is 13.0. The SMILES string of the molecule is NC(=O)c1cn2c(c(-c3ccc(F)cc3)c1=O)CCC2. The van der Waals surface area contributed by atoms with Gasteiger partial charge in [-0.1, -0.05) is 12.1 Å². The van der Waals surface area contributed by atoms with Gasteiger partial charge < -0.3 is 10.3 Å². The predicted molar refractivity (Wildman–Crippen MR) is 72.9 cm³/mol. The Morgan fingerprint density at radius 3 is 2.60 bits per heavy atom. The number of fused-ring (bicyclic) bond motifs is 1. The van der Waals surface area contributed by atoms with Crippen LogP contribution in [0.5, 0.6) is 0 Å². The molecule has 2 N–H and O–H groups in total. The van der Waals surface area contributed by atoms with E-state index in [0.29, 0.717) is 11.1 Å². The van der Waals surface area contributed by atoms with Gasteiger partial charge in [-0.05, 0) is 30.5 Å². The summed E-state index contributed by atoms with van der Waals surface area (Å²) in [4.78, 5) is 23.9. The summed E-state index contributed by atoms with van der Waals surface area (Å²) in [5.41, 5.74) is 6.83. The van der Waals surface area contributed by atoms with Gasteiger partial charge in [-0.25, -0.2) is 4.39 Å². The molecule has 1 aliphatic heterocycles. The van der Waals surface area contributed by atoms with Crippen molar-refractivity contribution in [2.45, 2.75) is 19.4 Å². The highest BCUT2D eigenvalue weighted by molar-refractivity contribution is 5.94. The number of pyridine rings is 1. The molecule has 0 spiro atoms. The van der Waals surface area contributed by atoms with Gasteiger partial charge in [0.2, 0.25) is 5.43 Å². The van der Waals surface area contributed by atoms with E-state index in [9.17, 15) is 14.0 Å². The summed E-state index contributed by atoms with van der Waals surface area (Å²) in [5.74, 6) is -1.10. The van der Waals surface area contributed by atoms with Crippen LogP contribution >= 0.6 is 0 Å². The fraction of sp³-hybridized carbons (Fsp3) is 0.200. The molecular weight excluding hydrogens is 259 g/mol. The van der Waals surface area contributed by atoms with Crippen LogP contribution in [0.2, 0.25) is 0 Å². The van der Waals surface area contributed by atoms with E-state index in [-0.39, 0.29) is 16.8 Å². The minimum atomic E-state index is -0.736. The summed E-state index contributed by atoms with van der Waals surface area (Å²) in [6.07, 6.45) is 3.21. The van der Waals surface area contributed by atoms with Crippen molar-refractivity contribution >= 4 is 5.91 Å². The second kappa shape index (κ2) is 4.59. The van der Waals surface area contributed by atoms with E-state index in [1.54, 1.807) is 12.1 Å². The van der Waals surface area contributed by atoms with Crippen LogP contribution in [0.25, 0.3) is 11.1 Å². The molecule has 2 aromatic rings. The Hall–Kier alpha value is -2.43. The topological polar surface area (TPSA) is 65.1 Å². The maximum Gasteiger partial charge on any atom is 0.254 e. The standard InChI is InChI=1S/C15H13FN2O2/c16-10-5-3-9(4-6-10)13-12-2-1-7-18(12)8-11(14(13)19)15(17)20/h3-6,8H,1-2,7H2,(H2,17,20). The quantitative estimate of drug-likeness (QED) is 0.904. The van der Waals surface area contributed by atoms with Crippen LogP contribution in [0, 0.1) is 5.82 Å². The second-order valence-corrected chi connectivity index (χ2v) is 4.86. The normalized spacial score (nSPS) is 13.2. The molecule has 1 aliphatic rings. The number of hydrogen-bond donors (Lipinski definition) is 1. The third-order valence-electron chi connectivity index (χ3n) is 3.60. The molecule has 3 rings (SSSR count). The number of nitrogens with zero attached hydrogens (tertiary/aromatic N) is 1. The van der Waals surface area contributed by atoms with Crippen LogP contribution < -0.4 is 11.2 Å². The number of primary amides is 1. The molecule has 0 aliphatic carbocycles. The van der Waals surface area contributed by atoms with Gasteiger partial charge in [0, 0.05) is 24.0 Å². The number of benzene rings is 1. The number of carbonyl (C=O) groups excluding carboxylic acids is 1. The molecule has 2 heterocycles. The average molecular weight is 272 g/mol. The highest BCUT2D eigenvalue weighted by Crippen LogP contribution is 2.26. The van der Waals surface area contributed by atoms with Crippen molar-refractivity contribution in [1.29, 1.82) is 0 Å². The summed E-state index contributed by atoms with van der Waals surface area (Å²) in [6, 6.07) is 5.71. The monoisotopic (exact) mass is 272 g/mol. The summed E-state index contributed by atoms with van der Waals surface area (Å²) in [5, 5.41) is 0. The number of aryl methyl sites for hydroxylation is 1. The van der Waals surface area contributed by atoms with Gasteiger partial charge in [0.1, 0.15) is 11.4 Å². The lowest BCUT2D eigenvalue weighted by molar-refractivity contribution is 0.0998. The molecule has 20 heavy (non-hydrogen) atoms. The van der Waals surface area contributed by atoms with Gasteiger partial charge in [-0.3, -0.25) is 9.59 Å². The number of halogens is 1. The molecule has 0 fully saturated rings. The molecular formula is C15H13FN2O2. The van der Waals surface area contributed by atoms with Crippen LogP contribution in [-0.2, 0) is 13.0 Å². The van der Waals surface area contributed by atoms with Crippen LogP contribution in [0.15, 0.2) is 35.3 Å². The third kappa shape index (κ3) is 1.91. The Balaban J connectivity index is 2.31. The molecule has 0 saturated heterocycles. The largest absolute Gasteiger partial charge is 0.365 e. The number of carbonyl (C=O) groups is 1. The van der Waals surface area contributed by atoms with Gasteiger partial charge >= 0.3 is 0 Å². The van der Waals surface area contributed by atoms with Crippen molar-refractivity contribution in [3.63, 3.8) is 0 Å². The van der Waals surface area contributed by atoms with Crippen LogP contribution in [-0.4, -0.2) is 10.5 Å². The Morgan fingerprint density at radius 1 is 1.25 bits per heavy atom. The first-order valence-electron chi connectivity index (χ1n) is 6.40. The zero-order chi connectivity index (χ0) is 14.3. The van der Waals surface area contributed by atoms with Gasteiger partial charge in [-0.2, -0.15) is 0 Å². The number of rotatable bonds is 2.